The zero-order chi connectivity index (χ0) is 22.7. The molecule has 9 heteroatoms. The number of hydrogen-bond acceptors (Lipinski definition) is 6. The maximum Gasteiger partial charge on any atom is 0.317 e. The number of nitro groups is 1. The van der Waals surface area contributed by atoms with Crippen LogP contribution in [0.15, 0.2) is 51.4 Å². The molecule has 7 nitrogen and oxygen atoms in total. The first kappa shape index (κ1) is 23.1. The molecule has 2 atom stereocenters. The van der Waals surface area contributed by atoms with Gasteiger partial charge in [-0.15, -0.1) is 0 Å². The smallest absolute Gasteiger partial charge is 0.317 e. The van der Waals surface area contributed by atoms with Gasteiger partial charge in [0.25, 0.3) is 5.69 Å². The van der Waals surface area contributed by atoms with Crippen LogP contribution >= 0.6 is 31.9 Å². The van der Waals surface area contributed by atoms with Gasteiger partial charge in [-0.3, -0.25) is 19.7 Å². The Balaban J connectivity index is 2.09. The van der Waals surface area contributed by atoms with E-state index in [2.05, 4.69) is 31.9 Å². The standard InChI is InChI=1S/C22H19Br2NO6/c1-3-31-22(27)20-16(12-5-4-6-15(7-12)25(28)29)8-13(11-19(20)26)14-9-17(23)21(30-2)18(24)10-14/h4-7,9-11,16,20H,3,8H2,1-2H3. The molecule has 0 aliphatic heterocycles. The number of esters is 1. The van der Waals surface area contributed by atoms with Crippen molar-refractivity contribution in [2.45, 2.75) is 19.3 Å². The van der Waals surface area contributed by atoms with E-state index in [1.54, 1.807) is 26.2 Å². The summed E-state index contributed by atoms with van der Waals surface area (Å²) in [5.41, 5.74) is 1.92. The molecule has 2 aromatic carbocycles. The van der Waals surface area contributed by atoms with Crippen molar-refractivity contribution in [2.75, 3.05) is 13.7 Å². The number of allylic oxidation sites excluding steroid dienone is 2. The lowest BCUT2D eigenvalue weighted by atomic mass is 9.73. The van der Waals surface area contributed by atoms with E-state index in [0.717, 1.165) is 5.56 Å². The molecule has 3 rings (SSSR count). The van der Waals surface area contributed by atoms with E-state index in [4.69, 9.17) is 9.47 Å². The van der Waals surface area contributed by atoms with E-state index in [9.17, 15) is 19.7 Å². The molecule has 0 aromatic heterocycles. The van der Waals surface area contributed by atoms with Gasteiger partial charge in [-0.1, -0.05) is 12.1 Å². The van der Waals surface area contributed by atoms with Crippen molar-refractivity contribution in [3.63, 3.8) is 0 Å². The summed E-state index contributed by atoms with van der Waals surface area (Å²) in [5.74, 6) is -2.05. The normalized spacial score (nSPS) is 18.3. The fourth-order valence-electron chi connectivity index (χ4n) is 3.71. The third-order valence-electron chi connectivity index (χ3n) is 5.09. The molecule has 0 bridgehead atoms. The van der Waals surface area contributed by atoms with Crippen LogP contribution in [0, 0.1) is 16.0 Å². The number of hydrogen-bond donors (Lipinski definition) is 0. The van der Waals surface area contributed by atoms with Gasteiger partial charge < -0.3 is 9.47 Å². The second kappa shape index (κ2) is 9.74. The minimum absolute atomic E-state index is 0.0985. The minimum Gasteiger partial charge on any atom is -0.494 e. The number of methoxy groups -OCH3 is 1. The van der Waals surface area contributed by atoms with Gasteiger partial charge in [0, 0.05) is 18.1 Å². The lowest BCUT2D eigenvalue weighted by molar-refractivity contribution is -0.384. The summed E-state index contributed by atoms with van der Waals surface area (Å²) in [7, 11) is 1.55. The fraction of sp³-hybridized carbons (Fsp3) is 0.273. The summed E-state index contributed by atoms with van der Waals surface area (Å²) in [5, 5.41) is 11.3. The van der Waals surface area contributed by atoms with Gasteiger partial charge in [0.1, 0.15) is 11.7 Å². The summed E-state index contributed by atoms with van der Waals surface area (Å²) in [6, 6.07) is 9.70. The summed E-state index contributed by atoms with van der Waals surface area (Å²) in [6.45, 7) is 1.81. The van der Waals surface area contributed by atoms with E-state index in [-0.39, 0.29) is 18.1 Å². The van der Waals surface area contributed by atoms with Crippen LogP contribution in [-0.2, 0) is 14.3 Å². The Labute approximate surface area is 195 Å². The average molecular weight is 553 g/mol. The second-order valence-electron chi connectivity index (χ2n) is 6.94. The van der Waals surface area contributed by atoms with Crippen molar-refractivity contribution < 1.29 is 24.0 Å². The predicted octanol–water partition coefficient (Wildman–Crippen LogP) is 5.45. The first-order valence-corrected chi connectivity index (χ1v) is 11.0. The summed E-state index contributed by atoms with van der Waals surface area (Å²) >= 11 is 6.93. The Morgan fingerprint density at radius 1 is 1.23 bits per heavy atom. The molecule has 0 spiro atoms. The minimum atomic E-state index is -1.06. The highest BCUT2D eigenvalue weighted by molar-refractivity contribution is 9.11. The first-order valence-electron chi connectivity index (χ1n) is 9.45. The van der Waals surface area contributed by atoms with E-state index in [1.807, 2.05) is 12.1 Å². The molecule has 2 aromatic rings. The largest absolute Gasteiger partial charge is 0.494 e. The lowest BCUT2D eigenvalue weighted by Gasteiger charge is -2.29. The van der Waals surface area contributed by atoms with Crippen molar-refractivity contribution in [2.24, 2.45) is 5.92 Å². The Kier molecular flexibility index (Phi) is 7.27. The number of carbonyl (C=O) groups excluding carboxylic acids is 2. The van der Waals surface area contributed by atoms with Crippen molar-refractivity contribution in [3.8, 4) is 5.75 Å². The van der Waals surface area contributed by atoms with Crippen LogP contribution in [0.4, 0.5) is 5.69 Å². The highest BCUT2D eigenvalue weighted by atomic mass is 79.9. The topological polar surface area (TPSA) is 95.7 Å². The second-order valence-corrected chi connectivity index (χ2v) is 8.65. The Morgan fingerprint density at radius 3 is 2.48 bits per heavy atom. The number of non-ortho nitro benzene ring substituents is 1. The number of benzene rings is 2. The SMILES string of the molecule is CCOC(=O)C1C(=O)C=C(c2cc(Br)c(OC)c(Br)c2)CC1c1cccc([N+](=O)[O-])c1. The third-order valence-corrected chi connectivity index (χ3v) is 6.27. The average Bonchev–Trinajstić information content (AvgIpc) is 2.73. The number of nitro benzene ring substituents is 1. The van der Waals surface area contributed by atoms with Crippen LogP contribution in [0.1, 0.15) is 30.4 Å². The van der Waals surface area contributed by atoms with Gasteiger partial charge in [-0.2, -0.15) is 0 Å². The third kappa shape index (κ3) is 4.88. The van der Waals surface area contributed by atoms with Crippen molar-refractivity contribution in [1.29, 1.82) is 0 Å². The summed E-state index contributed by atoms with van der Waals surface area (Å²) < 4.78 is 11.9. The molecule has 0 fully saturated rings. The van der Waals surface area contributed by atoms with Crippen LogP contribution in [0.2, 0.25) is 0 Å². The predicted molar refractivity (Wildman–Crippen MR) is 122 cm³/mol. The number of halogens is 2. The molecule has 0 radical (unpaired) electrons. The molecule has 31 heavy (non-hydrogen) atoms. The number of ketones is 1. The van der Waals surface area contributed by atoms with Gasteiger partial charge in [-0.25, -0.2) is 0 Å². The molecule has 1 aliphatic carbocycles. The monoisotopic (exact) mass is 551 g/mol. The first-order chi connectivity index (χ1) is 14.8. The van der Waals surface area contributed by atoms with Crippen LogP contribution < -0.4 is 4.74 Å². The Morgan fingerprint density at radius 2 is 1.90 bits per heavy atom. The molecule has 0 saturated heterocycles. The molecule has 0 heterocycles. The van der Waals surface area contributed by atoms with Crippen molar-refractivity contribution in [1.82, 2.24) is 0 Å². The maximum atomic E-state index is 13.0. The zero-order valence-corrected chi connectivity index (χ0v) is 19.9. The molecular weight excluding hydrogens is 534 g/mol. The zero-order valence-electron chi connectivity index (χ0n) is 16.8. The number of nitrogens with zero attached hydrogens (tertiary/aromatic N) is 1. The number of ether oxygens (including phenoxy) is 2. The highest BCUT2D eigenvalue weighted by Crippen LogP contribution is 2.43. The van der Waals surface area contributed by atoms with E-state index >= 15 is 0 Å². The van der Waals surface area contributed by atoms with E-state index in [0.29, 0.717) is 32.3 Å². The van der Waals surface area contributed by atoms with Crippen LogP contribution in [0.5, 0.6) is 5.75 Å². The Bertz CT molecular complexity index is 1060. The molecule has 2 unspecified atom stereocenters. The molecule has 0 amide bonds. The molecule has 0 N–H and O–H groups in total. The summed E-state index contributed by atoms with van der Waals surface area (Å²) in [6.07, 6.45) is 1.79. The molecule has 1 aliphatic rings. The quantitative estimate of drug-likeness (QED) is 0.205. The van der Waals surface area contributed by atoms with Gasteiger partial charge in [-0.05, 0) is 80.1 Å². The van der Waals surface area contributed by atoms with E-state index in [1.165, 1.54) is 18.2 Å². The van der Waals surface area contributed by atoms with E-state index < -0.39 is 22.7 Å². The molecule has 0 saturated carbocycles. The van der Waals surface area contributed by atoms with Gasteiger partial charge >= 0.3 is 5.97 Å². The lowest BCUT2D eigenvalue weighted by Crippen LogP contribution is -2.34. The molecule has 162 valence electrons. The highest BCUT2D eigenvalue weighted by Gasteiger charge is 2.40. The van der Waals surface area contributed by atoms with Crippen molar-refractivity contribution in [3.05, 3.63) is 72.7 Å². The van der Waals surface area contributed by atoms with Gasteiger partial charge in [0.2, 0.25) is 0 Å². The number of carbonyl (C=O) groups is 2. The molecular formula is C22H19Br2NO6. The maximum absolute atomic E-state index is 13.0. The Hall–Kier alpha value is -2.52. The van der Waals surface area contributed by atoms with Crippen LogP contribution in [-0.4, -0.2) is 30.4 Å². The van der Waals surface area contributed by atoms with Gasteiger partial charge in [0.15, 0.2) is 5.78 Å². The van der Waals surface area contributed by atoms with Crippen LogP contribution in [0.3, 0.4) is 0 Å². The fourth-order valence-corrected chi connectivity index (χ4v) is 5.22. The number of rotatable bonds is 6. The summed E-state index contributed by atoms with van der Waals surface area (Å²) in [4.78, 5) is 36.4. The van der Waals surface area contributed by atoms with Crippen LogP contribution in [0.25, 0.3) is 5.57 Å². The van der Waals surface area contributed by atoms with Crippen molar-refractivity contribution >= 4 is 54.9 Å². The van der Waals surface area contributed by atoms with Gasteiger partial charge in [0.05, 0.1) is 27.6 Å².